The highest BCUT2D eigenvalue weighted by Gasteiger charge is 2.05. The molecule has 0 aliphatic heterocycles. The third-order valence-electron chi connectivity index (χ3n) is 4.04. The lowest BCUT2D eigenvalue weighted by Crippen LogP contribution is -2.18. The molecule has 0 saturated heterocycles. The van der Waals surface area contributed by atoms with Gasteiger partial charge in [0.05, 0.1) is 5.71 Å². The maximum absolute atomic E-state index is 11.9. The minimum Gasteiger partial charge on any atom is -0.273 e. The first-order valence-electron chi connectivity index (χ1n) is 8.53. The molecular formula is C20H26N2O. The molecule has 2 rings (SSSR count). The Hall–Kier alpha value is -2.16. The zero-order valence-corrected chi connectivity index (χ0v) is 14.1. The number of hydrogen-bond donors (Lipinski definition) is 1. The average Bonchev–Trinajstić information content (AvgIpc) is 2.59. The van der Waals surface area contributed by atoms with E-state index in [1.165, 1.54) is 24.6 Å². The molecule has 3 nitrogen and oxygen atoms in total. The van der Waals surface area contributed by atoms with Gasteiger partial charge in [-0.15, -0.1) is 0 Å². The van der Waals surface area contributed by atoms with Gasteiger partial charge >= 0.3 is 0 Å². The third kappa shape index (κ3) is 5.20. The molecular weight excluding hydrogens is 284 g/mol. The van der Waals surface area contributed by atoms with Crippen molar-refractivity contribution in [2.24, 2.45) is 5.10 Å². The predicted octanol–water partition coefficient (Wildman–Crippen LogP) is 5.04. The van der Waals surface area contributed by atoms with E-state index in [1.807, 2.05) is 31.2 Å². The standard InChI is InChI=1S/C20H26N2O/c1-3-4-5-6-7-15-20(23)22-21-16(2)18-14-10-12-17-11-8-9-13-19(17)18/h8-14H,3-7,15H2,1-2H3,(H,22,23). The fourth-order valence-electron chi connectivity index (χ4n) is 2.69. The molecule has 0 saturated carbocycles. The van der Waals surface area contributed by atoms with Crippen molar-refractivity contribution >= 4 is 22.4 Å². The van der Waals surface area contributed by atoms with Crippen molar-refractivity contribution in [2.45, 2.75) is 52.4 Å². The summed E-state index contributed by atoms with van der Waals surface area (Å²) in [5.41, 5.74) is 4.58. The second-order valence-electron chi connectivity index (χ2n) is 5.92. The number of benzene rings is 2. The van der Waals surface area contributed by atoms with E-state index in [0.717, 1.165) is 29.5 Å². The quantitative estimate of drug-likeness (QED) is 0.414. The summed E-state index contributed by atoms with van der Waals surface area (Å²) in [5.74, 6) is 0.00100. The smallest absolute Gasteiger partial charge is 0.240 e. The molecule has 0 spiro atoms. The molecule has 23 heavy (non-hydrogen) atoms. The number of carbonyl (C=O) groups is 1. The van der Waals surface area contributed by atoms with E-state index in [2.05, 4.69) is 35.7 Å². The van der Waals surface area contributed by atoms with Gasteiger partial charge in [0.2, 0.25) is 5.91 Å². The van der Waals surface area contributed by atoms with E-state index in [4.69, 9.17) is 0 Å². The van der Waals surface area contributed by atoms with Gasteiger partial charge in [0, 0.05) is 12.0 Å². The Kier molecular flexibility index (Phi) is 6.79. The normalized spacial score (nSPS) is 11.7. The molecule has 0 unspecified atom stereocenters. The van der Waals surface area contributed by atoms with Crippen LogP contribution in [0.15, 0.2) is 47.6 Å². The number of hydrogen-bond acceptors (Lipinski definition) is 2. The van der Waals surface area contributed by atoms with Crippen LogP contribution in [0.4, 0.5) is 0 Å². The van der Waals surface area contributed by atoms with Crippen LogP contribution < -0.4 is 5.43 Å². The van der Waals surface area contributed by atoms with Crippen LogP contribution in [0.2, 0.25) is 0 Å². The lowest BCUT2D eigenvalue weighted by molar-refractivity contribution is -0.121. The number of amides is 1. The maximum atomic E-state index is 11.9. The van der Waals surface area contributed by atoms with E-state index >= 15 is 0 Å². The van der Waals surface area contributed by atoms with Crippen LogP contribution in [0.25, 0.3) is 10.8 Å². The second kappa shape index (κ2) is 9.09. The van der Waals surface area contributed by atoms with Crippen LogP contribution in [0.1, 0.15) is 57.9 Å². The summed E-state index contributed by atoms with van der Waals surface area (Å²) in [5, 5.41) is 6.62. The summed E-state index contributed by atoms with van der Waals surface area (Å²) in [6.45, 7) is 4.13. The molecule has 0 fully saturated rings. The van der Waals surface area contributed by atoms with Crippen molar-refractivity contribution in [3.05, 3.63) is 48.0 Å². The zero-order valence-electron chi connectivity index (χ0n) is 14.1. The van der Waals surface area contributed by atoms with Crippen LogP contribution >= 0.6 is 0 Å². The highest BCUT2D eigenvalue weighted by atomic mass is 16.2. The van der Waals surface area contributed by atoms with Crippen molar-refractivity contribution < 1.29 is 4.79 Å². The zero-order chi connectivity index (χ0) is 16.5. The van der Waals surface area contributed by atoms with Gasteiger partial charge in [-0.1, -0.05) is 75.1 Å². The van der Waals surface area contributed by atoms with Gasteiger partial charge in [-0.25, -0.2) is 5.43 Å². The lowest BCUT2D eigenvalue weighted by atomic mass is 10.0. The Balaban J connectivity index is 1.93. The van der Waals surface area contributed by atoms with Gasteiger partial charge < -0.3 is 0 Å². The number of fused-ring (bicyclic) bond motifs is 1. The molecule has 2 aromatic rings. The molecule has 0 aliphatic rings. The van der Waals surface area contributed by atoms with Crippen molar-refractivity contribution in [1.29, 1.82) is 0 Å². The average molecular weight is 310 g/mol. The van der Waals surface area contributed by atoms with Crippen molar-refractivity contribution in [2.75, 3.05) is 0 Å². The number of nitrogens with zero attached hydrogens (tertiary/aromatic N) is 1. The van der Waals surface area contributed by atoms with Crippen LogP contribution in [0, 0.1) is 0 Å². The number of nitrogens with one attached hydrogen (secondary N) is 1. The first kappa shape index (κ1) is 17.2. The molecule has 2 aromatic carbocycles. The van der Waals surface area contributed by atoms with Crippen LogP contribution in [-0.4, -0.2) is 11.6 Å². The molecule has 0 aromatic heterocycles. The summed E-state index contributed by atoms with van der Waals surface area (Å²) in [7, 11) is 0. The Morgan fingerprint density at radius 1 is 1.00 bits per heavy atom. The molecule has 1 amide bonds. The van der Waals surface area contributed by atoms with Crippen molar-refractivity contribution in [1.82, 2.24) is 5.43 Å². The van der Waals surface area contributed by atoms with Gasteiger partial charge in [0.25, 0.3) is 0 Å². The Morgan fingerprint density at radius 2 is 1.74 bits per heavy atom. The molecule has 0 heterocycles. The molecule has 0 bridgehead atoms. The summed E-state index contributed by atoms with van der Waals surface area (Å²) in [4.78, 5) is 11.9. The molecule has 0 radical (unpaired) electrons. The van der Waals surface area contributed by atoms with Crippen LogP contribution in [-0.2, 0) is 4.79 Å². The predicted molar refractivity (Wildman–Crippen MR) is 97.7 cm³/mol. The molecule has 0 atom stereocenters. The van der Waals surface area contributed by atoms with E-state index < -0.39 is 0 Å². The number of rotatable bonds is 8. The molecule has 0 aliphatic carbocycles. The first-order chi connectivity index (χ1) is 11.2. The summed E-state index contributed by atoms with van der Waals surface area (Å²) < 4.78 is 0. The fourth-order valence-corrected chi connectivity index (χ4v) is 2.69. The Bertz CT molecular complexity index is 671. The van der Waals surface area contributed by atoms with Crippen LogP contribution in [0.3, 0.4) is 0 Å². The van der Waals surface area contributed by atoms with Crippen molar-refractivity contribution in [3.63, 3.8) is 0 Å². The molecule has 122 valence electrons. The summed E-state index contributed by atoms with van der Waals surface area (Å²) in [6, 6.07) is 14.4. The van der Waals surface area contributed by atoms with Gasteiger partial charge in [-0.2, -0.15) is 5.10 Å². The maximum Gasteiger partial charge on any atom is 0.240 e. The number of unbranched alkanes of at least 4 members (excludes halogenated alkanes) is 4. The largest absolute Gasteiger partial charge is 0.273 e. The van der Waals surface area contributed by atoms with E-state index in [0.29, 0.717) is 6.42 Å². The van der Waals surface area contributed by atoms with E-state index in [1.54, 1.807) is 0 Å². The van der Waals surface area contributed by atoms with E-state index in [9.17, 15) is 4.79 Å². The monoisotopic (exact) mass is 310 g/mol. The summed E-state index contributed by atoms with van der Waals surface area (Å²) in [6.07, 6.45) is 6.29. The number of carbonyl (C=O) groups excluding carboxylic acids is 1. The minimum atomic E-state index is 0.00100. The number of hydrazone groups is 1. The highest BCUT2D eigenvalue weighted by Crippen LogP contribution is 2.19. The highest BCUT2D eigenvalue weighted by molar-refractivity contribution is 6.09. The third-order valence-corrected chi connectivity index (χ3v) is 4.04. The van der Waals surface area contributed by atoms with Gasteiger partial charge in [-0.3, -0.25) is 4.79 Å². The minimum absolute atomic E-state index is 0.00100. The Labute approximate surface area is 138 Å². The lowest BCUT2D eigenvalue weighted by Gasteiger charge is -2.07. The van der Waals surface area contributed by atoms with E-state index in [-0.39, 0.29) is 5.91 Å². The van der Waals surface area contributed by atoms with Gasteiger partial charge in [0.15, 0.2) is 0 Å². The topological polar surface area (TPSA) is 41.5 Å². The fraction of sp³-hybridized carbons (Fsp3) is 0.400. The molecule has 3 heteroatoms. The summed E-state index contributed by atoms with van der Waals surface area (Å²) >= 11 is 0. The Morgan fingerprint density at radius 3 is 2.57 bits per heavy atom. The van der Waals surface area contributed by atoms with Gasteiger partial charge in [-0.05, 0) is 24.1 Å². The van der Waals surface area contributed by atoms with Crippen LogP contribution in [0.5, 0.6) is 0 Å². The molecule has 1 N–H and O–H groups in total. The second-order valence-corrected chi connectivity index (χ2v) is 5.92. The first-order valence-corrected chi connectivity index (χ1v) is 8.53. The van der Waals surface area contributed by atoms with Gasteiger partial charge in [0.1, 0.15) is 0 Å². The van der Waals surface area contributed by atoms with Crippen molar-refractivity contribution in [3.8, 4) is 0 Å². The SMILES string of the molecule is CCCCCCCC(=O)NN=C(C)c1cccc2ccccc12.